The summed E-state index contributed by atoms with van der Waals surface area (Å²) in [5.41, 5.74) is 0.210. The van der Waals surface area contributed by atoms with Crippen LogP contribution >= 0.6 is 0 Å². The van der Waals surface area contributed by atoms with Gasteiger partial charge in [-0.1, -0.05) is 23.7 Å². The van der Waals surface area contributed by atoms with E-state index in [1.165, 1.54) is 12.1 Å². The second kappa shape index (κ2) is 5.13. The van der Waals surface area contributed by atoms with Crippen molar-refractivity contribution in [3.05, 3.63) is 51.7 Å². The van der Waals surface area contributed by atoms with Crippen molar-refractivity contribution in [2.45, 2.75) is 6.04 Å². The molecule has 1 atom stereocenters. The molecule has 1 aromatic carbocycles. The summed E-state index contributed by atoms with van der Waals surface area (Å²) < 4.78 is 22.6. The number of aromatic nitrogens is 1. The average molecular weight is 314 g/mol. The molecular formula is C14H11BN2O4S. The van der Waals surface area contributed by atoms with E-state index in [1.54, 1.807) is 18.2 Å². The van der Waals surface area contributed by atoms with Crippen molar-refractivity contribution in [3.8, 4) is 0 Å². The molecule has 2 N–H and O–H groups in total. The van der Waals surface area contributed by atoms with Crippen LogP contribution < -0.4 is 16.3 Å². The first-order valence-electron chi connectivity index (χ1n) is 6.49. The Kier molecular flexibility index (Phi) is 3.40. The Morgan fingerprint density at radius 3 is 2.82 bits per heavy atom. The summed E-state index contributed by atoms with van der Waals surface area (Å²) in [6, 6.07) is 5.88. The van der Waals surface area contributed by atoms with E-state index in [2.05, 4.69) is 10.3 Å². The number of carbonyl (C=O) groups is 1. The number of fused-ring (bicyclic) bond motifs is 1. The van der Waals surface area contributed by atoms with E-state index in [9.17, 15) is 18.0 Å². The molecule has 0 saturated carbocycles. The lowest BCUT2D eigenvalue weighted by molar-refractivity contribution is 0.0946. The molecule has 0 aliphatic carbocycles. The standard InChI is InChI=1S/C14H11BN2O4S/c15-11-3-1-2-8-6-10(14(19)17-12(8)11)13(18)16-9-4-5-22(20,21)7-9/h1-6,9H,7H2,(H,16,18)(H,17,19)/t9-/m1/s1. The zero-order valence-corrected chi connectivity index (χ0v) is 12.2. The van der Waals surface area contributed by atoms with Crippen molar-refractivity contribution >= 4 is 40.0 Å². The van der Waals surface area contributed by atoms with Crippen LogP contribution in [0.5, 0.6) is 0 Å². The fourth-order valence-electron chi connectivity index (χ4n) is 2.34. The molecule has 2 radical (unpaired) electrons. The van der Waals surface area contributed by atoms with Gasteiger partial charge in [-0.05, 0) is 17.5 Å². The van der Waals surface area contributed by atoms with Gasteiger partial charge in [0.2, 0.25) is 0 Å². The van der Waals surface area contributed by atoms with E-state index in [0.717, 1.165) is 5.41 Å². The number of carbonyl (C=O) groups excluding carboxylic acids is 1. The van der Waals surface area contributed by atoms with Crippen molar-refractivity contribution in [2.75, 3.05) is 5.75 Å². The molecule has 110 valence electrons. The van der Waals surface area contributed by atoms with Crippen LogP contribution in [0.15, 0.2) is 40.5 Å². The second-order valence-electron chi connectivity index (χ2n) is 5.06. The van der Waals surface area contributed by atoms with Crippen molar-refractivity contribution in [3.63, 3.8) is 0 Å². The average Bonchev–Trinajstić information content (AvgIpc) is 2.78. The SMILES string of the molecule is [B]c1cccc2cc(C(=O)N[C@@H]3C=CS(=O)(=O)C3)c(=O)[nH]c12. The third-order valence-electron chi connectivity index (χ3n) is 3.40. The number of amides is 1. The molecule has 0 bridgehead atoms. The summed E-state index contributed by atoms with van der Waals surface area (Å²) in [4.78, 5) is 26.8. The first-order chi connectivity index (χ1) is 10.4. The minimum atomic E-state index is -3.27. The van der Waals surface area contributed by atoms with Crippen LogP contribution in [-0.4, -0.2) is 38.9 Å². The predicted octanol–water partition coefficient (Wildman–Crippen LogP) is -0.638. The van der Waals surface area contributed by atoms with Crippen LogP contribution in [0, 0.1) is 0 Å². The first kappa shape index (κ1) is 14.6. The van der Waals surface area contributed by atoms with Crippen LogP contribution in [0.25, 0.3) is 10.9 Å². The maximum Gasteiger partial charge on any atom is 0.261 e. The lowest BCUT2D eigenvalue weighted by Gasteiger charge is -2.10. The highest BCUT2D eigenvalue weighted by molar-refractivity contribution is 7.94. The molecule has 0 fully saturated rings. The summed E-state index contributed by atoms with van der Waals surface area (Å²) in [7, 11) is 2.50. The van der Waals surface area contributed by atoms with Crippen LogP contribution in [0.2, 0.25) is 0 Å². The van der Waals surface area contributed by atoms with Gasteiger partial charge in [-0.25, -0.2) is 8.42 Å². The molecule has 3 rings (SSSR count). The van der Waals surface area contributed by atoms with Crippen LogP contribution in [0.4, 0.5) is 0 Å². The molecule has 0 spiro atoms. The molecule has 1 aromatic heterocycles. The fraction of sp³-hybridized carbons (Fsp3) is 0.143. The fourth-order valence-corrected chi connectivity index (χ4v) is 3.57. The smallest absolute Gasteiger partial charge is 0.261 e. The number of rotatable bonds is 2. The van der Waals surface area contributed by atoms with Gasteiger partial charge in [-0.2, -0.15) is 0 Å². The van der Waals surface area contributed by atoms with E-state index in [0.29, 0.717) is 16.4 Å². The molecule has 1 aliphatic rings. The summed E-state index contributed by atoms with van der Waals surface area (Å²) in [6.45, 7) is 0. The number of hydrogen-bond acceptors (Lipinski definition) is 4. The van der Waals surface area contributed by atoms with Crippen molar-refractivity contribution in [1.82, 2.24) is 10.3 Å². The molecular weight excluding hydrogens is 303 g/mol. The zero-order chi connectivity index (χ0) is 15.9. The van der Waals surface area contributed by atoms with E-state index < -0.39 is 27.3 Å². The summed E-state index contributed by atoms with van der Waals surface area (Å²) in [5.74, 6) is -0.825. The molecule has 1 amide bonds. The highest BCUT2D eigenvalue weighted by Gasteiger charge is 2.24. The number of aromatic amines is 1. The van der Waals surface area contributed by atoms with Crippen LogP contribution in [0.1, 0.15) is 10.4 Å². The third-order valence-corrected chi connectivity index (χ3v) is 4.80. The number of pyridine rings is 1. The minimum Gasteiger partial charge on any atom is -0.345 e. The molecule has 2 aromatic rings. The van der Waals surface area contributed by atoms with Gasteiger partial charge in [0.05, 0.1) is 11.8 Å². The Morgan fingerprint density at radius 2 is 2.14 bits per heavy atom. The normalized spacial score (nSPS) is 19.4. The molecule has 1 aliphatic heterocycles. The number of benzene rings is 1. The Labute approximate surface area is 127 Å². The first-order valence-corrected chi connectivity index (χ1v) is 8.21. The van der Waals surface area contributed by atoms with Gasteiger partial charge in [-0.15, -0.1) is 0 Å². The molecule has 8 heteroatoms. The molecule has 22 heavy (non-hydrogen) atoms. The Hall–Kier alpha value is -2.35. The maximum absolute atomic E-state index is 12.2. The van der Waals surface area contributed by atoms with Gasteiger partial charge in [0.25, 0.3) is 11.5 Å². The van der Waals surface area contributed by atoms with Gasteiger partial charge in [0.1, 0.15) is 13.4 Å². The van der Waals surface area contributed by atoms with Crippen LogP contribution in [-0.2, 0) is 9.84 Å². The van der Waals surface area contributed by atoms with Crippen molar-refractivity contribution in [2.24, 2.45) is 0 Å². The largest absolute Gasteiger partial charge is 0.345 e. The Bertz CT molecular complexity index is 962. The minimum absolute atomic E-state index is 0.0872. The van der Waals surface area contributed by atoms with E-state index >= 15 is 0 Å². The maximum atomic E-state index is 12.2. The Balaban J connectivity index is 1.93. The molecule has 6 nitrogen and oxygen atoms in total. The number of sulfone groups is 1. The van der Waals surface area contributed by atoms with Crippen molar-refractivity contribution < 1.29 is 13.2 Å². The third kappa shape index (κ3) is 2.69. The molecule has 0 saturated heterocycles. The number of H-pyrrole nitrogens is 1. The lowest BCUT2D eigenvalue weighted by Crippen LogP contribution is -2.38. The monoisotopic (exact) mass is 314 g/mol. The topological polar surface area (TPSA) is 96.1 Å². The van der Waals surface area contributed by atoms with Crippen LogP contribution in [0.3, 0.4) is 0 Å². The van der Waals surface area contributed by atoms with Gasteiger partial charge < -0.3 is 10.3 Å². The quantitative estimate of drug-likeness (QED) is 0.721. The second-order valence-corrected chi connectivity index (χ2v) is 6.99. The van der Waals surface area contributed by atoms with Gasteiger partial charge in [0.15, 0.2) is 9.84 Å². The van der Waals surface area contributed by atoms with Crippen molar-refractivity contribution in [1.29, 1.82) is 0 Å². The summed E-state index contributed by atoms with van der Waals surface area (Å²) in [5, 5.41) is 4.20. The van der Waals surface area contributed by atoms with Gasteiger partial charge in [-0.3, -0.25) is 9.59 Å². The molecule has 0 unspecified atom stereocenters. The summed E-state index contributed by atoms with van der Waals surface area (Å²) >= 11 is 0. The Morgan fingerprint density at radius 1 is 1.36 bits per heavy atom. The van der Waals surface area contributed by atoms with E-state index in [4.69, 9.17) is 7.85 Å². The van der Waals surface area contributed by atoms with Gasteiger partial charge >= 0.3 is 0 Å². The lowest BCUT2D eigenvalue weighted by atomic mass is 9.93. The van der Waals surface area contributed by atoms with Gasteiger partial charge in [0, 0.05) is 10.9 Å². The molecule has 2 heterocycles. The highest BCUT2D eigenvalue weighted by Crippen LogP contribution is 2.11. The zero-order valence-electron chi connectivity index (χ0n) is 11.4. The summed E-state index contributed by atoms with van der Waals surface area (Å²) in [6.07, 6.45) is 1.39. The number of para-hydroxylation sites is 1. The van der Waals surface area contributed by atoms with E-state index in [-0.39, 0.29) is 11.3 Å². The predicted molar refractivity (Wildman–Crippen MR) is 84.1 cm³/mol. The van der Waals surface area contributed by atoms with E-state index in [1.807, 2.05) is 0 Å². The number of hydrogen-bond donors (Lipinski definition) is 2. The highest BCUT2D eigenvalue weighted by atomic mass is 32.2. The number of nitrogens with one attached hydrogen (secondary N) is 2.